The zero-order valence-electron chi connectivity index (χ0n) is 14.5. The van der Waals surface area contributed by atoms with E-state index in [0.717, 1.165) is 23.1 Å². The van der Waals surface area contributed by atoms with Gasteiger partial charge < -0.3 is 14.6 Å². The highest BCUT2D eigenvalue weighted by atomic mass is 32.2. The van der Waals surface area contributed by atoms with Crippen LogP contribution in [0.15, 0.2) is 47.4 Å². The summed E-state index contributed by atoms with van der Waals surface area (Å²) in [5.41, 5.74) is 0.0891. The number of carboxylic acids is 1. The van der Waals surface area contributed by atoms with Crippen molar-refractivity contribution in [2.75, 3.05) is 22.8 Å². The van der Waals surface area contributed by atoms with E-state index in [0.29, 0.717) is 0 Å². The van der Waals surface area contributed by atoms with Crippen LogP contribution in [0, 0.1) is 0 Å². The van der Waals surface area contributed by atoms with Crippen LogP contribution in [0.4, 0.5) is 20.2 Å². The standard InChI is InChI=1S/C17H14F2N2O7S/c18-17(19)28-11-3-1-10(2-4-11)20-29(25,26)12-5-6-14-13(7-12)21(8-16(23)24)15(22)9-27-14/h1-7,17,20H,8-9H2,(H,23,24). The zero-order chi connectivity index (χ0) is 21.2. The minimum absolute atomic E-state index is 0.00667. The number of nitrogens with one attached hydrogen (secondary N) is 1. The number of ether oxygens (including phenoxy) is 2. The summed E-state index contributed by atoms with van der Waals surface area (Å²) in [6.45, 7) is -4.03. The highest BCUT2D eigenvalue weighted by molar-refractivity contribution is 7.92. The number of amides is 1. The van der Waals surface area contributed by atoms with E-state index in [9.17, 15) is 26.8 Å². The summed E-state index contributed by atoms with van der Waals surface area (Å²) >= 11 is 0. The number of sulfonamides is 1. The van der Waals surface area contributed by atoms with Gasteiger partial charge in [0, 0.05) is 5.69 Å². The Bertz CT molecular complexity index is 1040. The lowest BCUT2D eigenvalue weighted by atomic mass is 10.2. The average molecular weight is 428 g/mol. The summed E-state index contributed by atoms with van der Waals surface area (Å²) in [7, 11) is -4.13. The van der Waals surface area contributed by atoms with Crippen LogP contribution < -0.4 is 19.1 Å². The molecule has 154 valence electrons. The Kier molecular flexibility index (Phi) is 5.55. The number of carbonyl (C=O) groups is 2. The van der Waals surface area contributed by atoms with E-state index in [1.165, 1.54) is 24.3 Å². The van der Waals surface area contributed by atoms with Crippen molar-refractivity contribution in [3.05, 3.63) is 42.5 Å². The third-order valence-corrected chi connectivity index (χ3v) is 5.19. The number of hydrogen-bond acceptors (Lipinski definition) is 6. The molecule has 0 spiro atoms. The van der Waals surface area contributed by atoms with Crippen molar-refractivity contribution in [1.82, 2.24) is 0 Å². The molecule has 29 heavy (non-hydrogen) atoms. The first-order chi connectivity index (χ1) is 13.7. The zero-order valence-corrected chi connectivity index (χ0v) is 15.4. The van der Waals surface area contributed by atoms with Crippen molar-refractivity contribution in [3.63, 3.8) is 0 Å². The SMILES string of the molecule is O=C(O)CN1C(=O)COc2ccc(S(=O)(=O)Nc3ccc(OC(F)F)cc3)cc21. The van der Waals surface area contributed by atoms with Crippen molar-refractivity contribution < 1.29 is 41.4 Å². The lowest BCUT2D eigenvalue weighted by molar-refractivity contribution is -0.137. The molecule has 0 unspecified atom stereocenters. The molecule has 1 aliphatic rings. The summed E-state index contributed by atoms with van der Waals surface area (Å²) in [5.74, 6) is -1.88. The number of nitrogens with zero attached hydrogens (tertiary/aromatic N) is 1. The number of aliphatic carboxylic acids is 1. The van der Waals surface area contributed by atoms with E-state index in [1.807, 2.05) is 0 Å². The molecule has 2 aromatic carbocycles. The first-order valence-electron chi connectivity index (χ1n) is 8.02. The van der Waals surface area contributed by atoms with Gasteiger partial charge in [0.2, 0.25) is 0 Å². The van der Waals surface area contributed by atoms with Gasteiger partial charge in [-0.3, -0.25) is 19.2 Å². The fourth-order valence-corrected chi connectivity index (χ4v) is 3.65. The fourth-order valence-electron chi connectivity index (χ4n) is 2.58. The number of carboxylic acid groups (broad SMARTS) is 1. The quantitative estimate of drug-likeness (QED) is 0.691. The summed E-state index contributed by atoms with van der Waals surface area (Å²) in [4.78, 5) is 23.6. The predicted molar refractivity (Wildman–Crippen MR) is 95.8 cm³/mol. The minimum Gasteiger partial charge on any atom is -0.482 e. The molecule has 1 amide bonds. The molecule has 0 fully saturated rings. The normalized spacial score (nSPS) is 13.6. The van der Waals surface area contributed by atoms with Crippen molar-refractivity contribution in [1.29, 1.82) is 0 Å². The van der Waals surface area contributed by atoms with E-state index < -0.39 is 35.1 Å². The van der Waals surface area contributed by atoms with Gasteiger partial charge in [-0.1, -0.05) is 0 Å². The first kappa shape index (κ1) is 20.3. The maximum atomic E-state index is 12.6. The van der Waals surface area contributed by atoms with Gasteiger partial charge in [-0.05, 0) is 42.5 Å². The first-order valence-corrected chi connectivity index (χ1v) is 9.51. The van der Waals surface area contributed by atoms with E-state index >= 15 is 0 Å². The number of hydrogen-bond donors (Lipinski definition) is 2. The molecule has 0 aromatic heterocycles. The number of rotatable bonds is 7. The summed E-state index contributed by atoms with van der Waals surface area (Å²) in [5, 5.41) is 8.99. The Morgan fingerprint density at radius 2 is 1.93 bits per heavy atom. The fraction of sp³-hybridized carbons (Fsp3) is 0.176. The molecular weight excluding hydrogens is 414 g/mol. The van der Waals surface area contributed by atoms with Crippen molar-refractivity contribution >= 4 is 33.3 Å². The van der Waals surface area contributed by atoms with Crippen molar-refractivity contribution in [2.45, 2.75) is 11.5 Å². The second-order valence-corrected chi connectivity index (χ2v) is 7.48. The predicted octanol–water partition coefficient (Wildman–Crippen LogP) is 1.90. The van der Waals surface area contributed by atoms with Crippen LogP contribution in [0.25, 0.3) is 0 Å². The molecule has 0 saturated carbocycles. The van der Waals surface area contributed by atoms with Crippen LogP contribution in [-0.4, -0.2) is 45.2 Å². The molecule has 2 aromatic rings. The van der Waals surface area contributed by atoms with Crippen LogP contribution in [0.1, 0.15) is 0 Å². The molecule has 0 radical (unpaired) electrons. The number of halogens is 2. The summed E-state index contributed by atoms with van der Waals surface area (Å²) < 4.78 is 61.3. The van der Waals surface area contributed by atoms with Gasteiger partial charge in [-0.25, -0.2) is 8.42 Å². The van der Waals surface area contributed by atoms with Gasteiger partial charge in [-0.15, -0.1) is 0 Å². The molecule has 3 rings (SSSR count). The lowest BCUT2D eigenvalue weighted by Crippen LogP contribution is -2.42. The molecule has 0 atom stereocenters. The number of benzene rings is 2. The Labute approximate surface area is 163 Å². The lowest BCUT2D eigenvalue weighted by Gasteiger charge is -2.28. The Hall–Kier alpha value is -3.41. The molecule has 0 bridgehead atoms. The van der Waals surface area contributed by atoms with Gasteiger partial charge >= 0.3 is 12.6 Å². The topological polar surface area (TPSA) is 122 Å². The molecule has 1 aliphatic heterocycles. The molecule has 12 heteroatoms. The molecule has 1 heterocycles. The van der Waals surface area contributed by atoms with Crippen LogP contribution >= 0.6 is 0 Å². The van der Waals surface area contributed by atoms with Gasteiger partial charge in [-0.2, -0.15) is 8.78 Å². The van der Waals surface area contributed by atoms with Crippen LogP contribution in [-0.2, 0) is 19.6 Å². The number of carbonyl (C=O) groups excluding carboxylic acids is 1. The monoisotopic (exact) mass is 428 g/mol. The summed E-state index contributed by atoms with van der Waals surface area (Å²) in [6, 6.07) is 8.45. The highest BCUT2D eigenvalue weighted by Crippen LogP contribution is 2.34. The minimum atomic E-state index is -4.13. The van der Waals surface area contributed by atoms with E-state index in [1.54, 1.807) is 0 Å². The Morgan fingerprint density at radius 1 is 1.24 bits per heavy atom. The average Bonchev–Trinajstić information content (AvgIpc) is 2.64. The Balaban J connectivity index is 1.87. The number of alkyl halides is 2. The van der Waals surface area contributed by atoms with Gasteiger partial charge in [0.15, 0.2) is 6.61 Å². The van der Waals surface area contributed by atoms with Gasteiger partial charge in [0.05, 0.1) is 10.6 Å². The van der Waals surface area contributed by atoms with Crippen LogP contribution in [0.2, 0.25) is 0 Å². The third-order valence-electron chi connectivity index (χ3n) is 3.81. The van der Waals surface area contributed by atoms with Crippen LogP contribution in [0.5, 0.6) is 11.5 Å². The Morgan fingerprint density at radius 3 is 2.55 bits per heavy atom. The molecule has 9 nitrogen and oxygen atoms in total. The maximum Gasteiger partial charge on any atom is 0.387 e. The highest BCUT2D eigenvalue weighted by Gasteiger charge is 2.29. The van der Waals surface area contributed by atoms with Crippen molar-refractivity contribution in [3.8, 4) is 11.5 Å². The van der Waals surface area contributed by atoms with Crippen molar-refractivity contribution in [2.24, 2.45) is 0 Å². The molecule has 0 aliphatic carbocycles. The van der Waals surface area contributed by atoms with E-state index in [2.05, 4.69) is 9.46 Å². The summed E-state index contributed by atoms with van der Waals surface area (Å²) in [6.07, 6.45) is 0. The molecular formula is C17H14F2N2O7S. The maximum absolute atomic E-state index is 12.6. The largest absolute Gasteiger partial charge is 0.482 e. The molecule has 0 saturated heterocycles. The van der Waals surface area contributed by atoms with E-state index in [4.69, 9.17) is 9.84 Å². The number of anilines is 2. The number of fused-ring (bicyclic) bond motifs is 1. The van der Waals surface area contributed by atoms with Crippen LogP contribution in [0.3, 0.4) is 0 Å². The smallest absolute Gasteiger partial charge is 0.387 e. The third kappa shape index (κ3) is 4.71. The van der Waals surface area contributed by atoms with E-state index in [-0.39, 0.29) is 34.4 Å². The van der Waals surface area contributed by atoms with Gasteiger partial charge in [0.25, 0.3) is 15.9 Å². The second kappa shape index (κ2) is 7.91. The second-order valence-electron chi connectivity index (χ2n) is 5.80. The van der Waals surface area contributed by atoms with Gasteiger partial charge in [0.1, 0.15) is 18.0 Å². The molecule has 2 N–H and O–H groups in total.